The number of nitrogens with zero attached hydrogens (tertiary/aromatic N) is 2. The molecule has 5 rings (SSSR count). The number of ether oxygens (including phenoxy) is 2. The molecule has 12 nitrogen and oxygen atoms in total. The van der Waals surface area contributed by atoms with E-state index in [-0.39, 0.29) is 59.2 Å². The first-order valence-electron chi connectivity index (χ1n) is 19.1. The summed E-state index contributed by atoms with van der Waals surface area (Å²) >= 11 is 0. The Morgan fingerprint density at radius 3 is 2.43 bits per heavy atom. The molecule has 0 aromatic heterocycles. The number of likely N-dealkylation sites (N-methyl/N-ethyl adjacent to an activating group) is 1. The maximum Gasteiger partial charge on any atom is 0.261 e. The van der Waals surface area contributed by atoms with Crippen LogP contribution in [0.15, 0.2) is 95.9 Å². The molecule has 0 radical (unpaired) electrons. The standard InChI is InChI=1S/C43H55N5O7S/c1-29-13-20-36(21-14-29)56(52,53)46-35-19-22-40-37(24-35)43(51)48(31(3)28-49)25-30(2)41(54-23-9-8-10-32(4)55-40)27-47(5)26-33-15-17-34(18-16-33)42(50)45-39-12-7-6-11-38(39)44/h6-7,11-22,24,30-32,41,46,49H,8-10,23,25-28,44H2,1-5H3,(H,45,50)/t30-,31-,32+,41+/m0/s1. The van der Waals surface area contributed by atoms with Crippen molar-refractivity contribution in [2.45, 2.75) is 76.6 Å². The van der Waals surface area contributed by atoms with E-state index in [4.69, 9.17) is 15.2 Å². The summed E-state index contributed by atoms with van der Waals surface area (Å²) in [4.78, 5) is 31.3. The third-order valence-electron chi connectivity index (χ3n) is 10.0. The molecular formula is C43H55N5O7S. The van der Waals surface area contributed by atoms with Crippen molar-refractivity contribution in [2.24, 2.45) is 5.92 Å². The smallest absolute Gasteiger partial charge is 0.261 e. The number of sulfonamides is 1. The fraction of sp³-hybridized carbons (Fsp3) is 0.395. The van der Waals surface area contributed by atoms with Crippen LogP contribution in [0.25, 0.3) is 0 Å². The maximum atomic E-state index is 14.5. The summed E-state index contributed by atoms with van der Waals surface area (Å²) in [5.41, 5.74) is 9.93. The highest BCUT2D eigenvalue weighted by atomic mass is 32.2. The molecule has 4 aromatic carbocycles. The molecule has 13 heteroatoms. The Labute approximate surface area is 331 Å². The predicted molar refractivity (Wildman–Crippen MR) is 220 cm³/mol. The molecule has 0 fully saturated rings. The van der Waals surface area contributed by atoms with Crippen LogP contribution in [0.4, 0.5) is 17.1 Å². The van der Waals surface area contributed by atoms with Crippen LogP contribution >= 0.6 is 0 Å². The number of hydrogen-bond donors (Lipinski definition) is 4. The topological polar surface area (TPSA) is 164 Å². The van der Waals surface area contributed by atoms with Gasteiger partial charge in [-0.15, -0.1) is 0 Å². The fourth-order valence-corrected chi connectivity index (χ4v) is 7.68. The summed E-state index contributed by atoms with van der Waals surface area (Å²) in [6, 6.07) is 25.3. The number of fused-ring (bicyclic) bond motifs is 1. The van der Waals surface area contributed by atoms with Crippen molar-refractivity contribution < 1.29 is 32.6 Å². The minimum atomic E-state index is -3.94. The van der Waals surface area contributed by atoms with E-state index in [9.17, 15) is 23.1 Å². The van der Waals surface area contributed by atoms with Crippen molar-refractivity contribution in [3.05, 3.63) is 113 Å². The number of aryl methyl sites for hydroxylation is 1. The van der Waals surface area contributed by atoms with Crippen molar-refractivity contribution in [1.82, 2.24) is 9.80 Å². The molecule has 0 saturated heterocycles. The number of amides is 2. The van der Waals surface area contributed by atoms with E-state index in [1.54, 1.807) is 60.4 Å². The van der Waals surface area contributed by atoms with Crippen molar-refractivity contribution in [1.29, 1.82) is 0 Å². The number of nitrogen functional groups attached to an aromatic ring is 1. The van der Waals surface area contributed by atoms with Crippen LogP contribution in [-0.4, -0.2) is 86.7 Å². The van der Waals surface area contributed by atoms with Crippen LogP contribution in [-0.2, 0) is 21.3 Å². The number of benzene rings is 4. The molecule has 1 aliphatic rings. The Kier molecular flexibility index (Phi) is 14.5. The molecule has 56 heavy (non-hydrogen) atoms. The summed E-state index contributed by atoms with van der Waals surface area (Å²) in [5.74, 6) is -0.438. The second kappa shape index (κ2) is 19.3. The summed E-state index contributed by atoms with van der Waals surface area (Å²) in [5, 5.41) is 13.2. The first kappa shape index (κ1) is 42.2. The highest BCUT2D eigenvalue weighted by Gasteiger charge is 2.31. The van der Waals surface area contributed by atoms with E-state index in [2.05, 4.69) is 14.9 Å². The number of nitrogens with one attached hydrogen (secondary N) is 2. The van der Waals surface area contributed by atoms with Crippen LogP contribution in [0.5, 0.6) is 5.75 Å². The highest BCUT2D eigenvalue weighted by Crippen LogP contribution is 2.30. The molecule has 0 spiro atoms. The van der Waals surface area contributed by atoms with Crippen molar-refractivity contribution in [3.8, 4) is 5.75 Å². The largest absolute Gasteiger partial charge is 0.490 e. The Hall–Kier alpha value is -4.95. The molecule has 300 valence electrons. The van der Waals surface area contributed by atoms with Gasteiger partial charge in [0, 0.05) is 43.4 Å². The Balaban J connectivity index is 1.33. The summed E-state index contributed by atoms with van der Waals surface area (Å²) in [7, 11) is -1.93. The van der Waals surface area contributed by atoms with E-state index in [0.29, 0.717) is 42.4 Å². The SMILES string of the molecule is Cc1ccc(S(=O)(=O)Nc2ccc3c(c2)C(=O)N([C@@H](C)CO)C[C@H](C)[C@@H](CN(C)Cc2ccc(C(=O)Nc4ccccc4N)cc2)OCCCC[C@@H](C)O3)cc1. The van der Waals surface area contributed by atoms with E-state index in [1.807, 2.05) is 52.1 Å². The average Bonchev–Trinajstić information content (AvgIpc) is 3.17. The second-order valence-electron chi connectivity index (χ2n) is 14.9. The molecule has 0 aliphatic carbocycles. The van der Waals surface area contributed by atoms with Crippen molar-refractivity contribution >= 4 is 38.9 Å². The van der Waals surface area contributed by atoms with E-state index in [0.717, 1.165) is 30.4 Å². The van der Waals surface area contributed by atoms with Crippen molar-refractivity contribution in [3.63, 3.8) is 0 Å². The number of rotatable bonds is 11. The lowest BCUT2D eigenvalue weighted by molar-refractivity contribution is -0.0177. The number of para-hydroxylation sites is 2. The van der Waals surface area contributed by atoms with Gasteiger partial charge in [-0.2, -0.15) is 0 Å². The molecule has 2 amide bonds. The van der Waals surface area contributed by atoms with Crippen LogP contribution in [0, 0.1) is 12.8 Å². The van der Waals surface area contributed by atoms with Gasteiger partial charge in [0.15, 0.2) is 0 Å². The van der Waals surface area contributed by atoms with Gasteiger partial charge in [0.2, 0.25) is 0 Å². The quantitative estimate of drug-likeness (QED) is 0.123. The van der Waals surface area contributed by atoms with Gasteiger partial charge >= 0.3 is 0 Å². The first-order valence-corrected chi connectivity index (χ1v) is 20.6. The Morgan fingerprint density at radius 2 is 1.73 bits per heavy atom. The Morgan fingerprint density at radius 1 is 1.02 bits per heavy atom. The fourth-order valence-electron chi connectivity index (χ4n) is 6.63. The van der Waals surface area contributed by atoms with E-state index < -0.39 is 16.1 Å². The number of nitrogens with two attached hydrogens (primary N) is 1. The number of carbonyl (C=O) groups excluding carboxylic acids is 2. The molecule has 0 saturated carbocycles. The highest BCUT2D eigenvalue weighted by molar-refractivity contribution is 7.92. The second-order valence-corrected chi connectivity index (χ2v) is 16.5. The van der Waals surface area contributed by atoms with E-state index in [1.165, 1.54) is 18.2 Å². The number of aliphatic hydroxyl groups excluding tert-OH is 1. The van der Waals surface area contributed by atoms with Gasteiger partial charge in [0.25, 0.3) is 21.8 Å². The summed E-state index contributed by atoms with van der Waals surface area (Å²) in [6.07, 6.45) is 1.91. The molecule has 1 aliphatic heterocycles. The summed E-state index contributed by atoms with van der Waals surface area (Å²) in [6.45, 7) is 9.33. The lowest BCUT2D eigenvalue weighted by Crippen LogP contribution is -2.47. The molecule has 1 heterocycles. The van der Waals surface area contributed by atoms with E-state index >= 15 is 0 Å². The third kappa shape index (κ3) is 11.3. The zero-order chi connectivity index (χ0) is 40.4. The zero-order valence-electron chi connectivity index (χ0n) is 32.9. The number of anilines is 3. The van der Waals surface area contributed by atoms with Gasteiger partial charge in [0.1, 0.15) is 5.75 Å². The number of aliphatic hydroxyl groups is 1. The molecule has 0 unspecified atom stereocenters. The summed E-state index contributed by atoms with van der Waals surface area (Å²) < 4.78 is 42.0. The van der Waals surface area contributed by atoms with Gasteiger partial charge in [-0.25, -0.2) is 8.42 Å². The van der Waals surface area contributed by atoms with Crippen LogP contribution < -0.4 is 20.5 Å². The number of carbonyl (C=O) groups is 2. The molecule has 0 bridgehead atoms. The average molecular weight is 786 g/mol. The van der Waals surface area contributed by atoms with Crippen molar-refractivity contribution in [2.75, 3.05) is 49.1 Å². The number of hydrogen-bond acceptors (Lipinski definition) is 9. The minimum Gasteiger partial charge on any atom is -0.490 e. The van der Waals surface area contributed by atoms with Gasteiger partial charge in [-0.3, -0.25) is 19.2 Å². The predicted octanol–water partition coefficient (Wildman–Crippen LogP) is 6.56. The third-order valence-corrected chi connectivity index (χ3v) is 11.4. The molecule has 5 N–H and O–H groups in total. The van der Waals surface area contributed by atoms with Gasteiger partial charge < -0.3 is 30.5 Å². The zero-order valence-corrected chi connectivity index (χ0v) is 33.7. The van der Waals surface area contributed by atoms with Crippen LogP contribution in [0.3, 0.4) is 0 Å². The molecule has 4 aromatic rings. The van der Waals surface area contributed by atoms with Gasteiger partial charge in [-0.1, -0.05) is 48.9 Å². The minimum absolute atomic E-state index is 0.106. The first-order chi connectivity index (χ1) is 26.7. The van der Waals surface area contributed by atoms with Gasteiger partial charge in [0.05, 0.1) is 46.7 Å². The van der Waals surface area contributed by atoms with Crippen LogP contribution in [0.1, 0.15) is 71.9 Å². The molecule has 4 atom stereocenters. The lowest BCUT2D eigenvalue weighted by atomic mass is 10.0. The normalized spacial score (nSPS) is 19.0. The van der Waals surface area contributed by atoms with Gasteiger partial charge in [-0.05, 0) is 107 Å². The molecular weight excluding hydrogens is 731 g/mol. The lowest BCUT2D eigenvalue weighted by Gasteiger charge is -2.36. The van der Waals surface area contributed by atoms with Crippen LogP contribution in [0.2, 0.25) is 0 Å². The monoisotopic (exact) mass is 785 g/mol. The Bertz CT molecular complexity index is 2040. The maximum absolute atomic E-state index is 14.5.